The third kappa shape index (κ3) is 4.75. The van der Waals surface area contributed by atoms with E-state index >= 15 is 0 Å². The first-order valence-corrected chi connectivity index (χ1v) is 8.29. The highest BCUT2D eigenvalue weighted by atomic mass is 79.9. The molecule has 25 heavy (non-hydrogen) atoms. The van der Waals surface area contributed by atoms with Gasteiger partial charge in [-0.1, -0.05) is 0 Å². The minimum absolute atomic E-state index is 0.0172. The highest BCUT2D eigenvalue weighted by Gasteiger charge is 2.23. The Balaban J connectivity index is 2.35. The topological polar surface area (TPSA) is 60.3 Å². The van der Waals surface area contributed by atoms with Crippen LogP contribution in [0.2, 0.25) is 0 Å². The fourth-order valence-electron chi connectivity index (χ4n) is 2.07. The fraction of sp³-hybridized carbons (Fsp3) is 0.438. The van der Waals surface area contributed by atoms with E-state index in [0.29, 0.717) is 5.82 Å². The van der Waals surface area contributed by atoms with E-state index in [1.165, 1.54) is 16.6 Å². The van der Waals surface area contributed by atoms with E-state index in [2.05, 4.69) is 26.0 Å². The molecule has 0 aliphatic heterocycles. The van der Waals surface area contributed by atoms with Crippen LogP contribution in [0.25, 0.3) is 5.69 Å². The van der Waals surface area contributed by atoms with Crippen molar-refractivity contribution in [2.75, 3.05) is 7.05 Å². The van der Waals surface area contributed by atoms with Crippen LogP contribution in [0.4, 0.5) is 13.6 Å². The van der Waals surface area contributed by atoms with E-state index in [-0.39, 0.29) is 22.5 Å². The predicted molar refractivity (Wildman–Crippen MR) is 91.4 cm³/mol. The quantitative estimate of drug-likeness (QED) is 0.709. The summed E-state index contributed by atoms with van der Waals surface area (Å²) >= 11 is 2.97. The average Bonchev–Trinajstić information content (AvgIpc) is 2.81. The zero-order valence-corrected chi connectivity index (χ0v) is 16.2. The molecule has 6 nitrogen and oxygen atoms in total. The van der Waals surface area contributed by atoms with Crippen molar-refractivity contribution < 1.29 is 18.3 Å². The van der Waals surface area contributed by atoms with Gasteiger partial charge >= 0.3 is 6.09 Å². The lowest BCUT2D eigenvalue weighted by molar-refractivity contribution is 0.0280. The second-order valence-electron chi connectivity index (χ2n) is 6.54. The van der Waals surface area contributed by atoms with Gasteiger partial charge in [0.15, 0.2) is 11.6 Å². The summed E-state index contributed by atoms with van der Waals surface area (Å²) in [6, 6.07) is 2.04. The van der Waals surface area contributed by atoms with Gasteiger partial charge in [0.1, 0.15) is 22.9 Å². The predicted octanol–water partition coefficient (Wildman–Crippen LogP) is 3.98. The summed E-state index contributed by atoms with van der Waals surface area (Å²) in [5, 5.41) is 4.11. The van der Waals surface area contributed by atoms with Crippen LogP contribution in [0.3, 0.4) is 0 Å². The molecule has 2 rings (SSSR count). The van der Waals surface area contributed by atoms with E-state index in [9.17, 15) is 13.6 Å². The van der Waals surface area contributed by atoms with Crippen molar-refractivity contribution in [1.29, 1.82) is 0 Å². The summed E-state index contributed by atoms with van der Waals surface area (Å²) in [5.41, 5.74) is -0.742. The molecule has 1 aromatic heterocycles. The number of aromatic nitrogens is 3. The number of amides is 1. The maximum atomic E-state index is 14.4. The number of carbonyl (C=O) groups excluding carboxylic acids is 1. The van der Waals surface area contributed by atoms with Crippen molar-refractivity contribution in [1.82, 2.24) is 19.7 Å². The molecule has 9 heteroatoms. The van der Waals surface area contributed by atoms with Gasteiger partial charge in [-0.05, 0) is 49.7 Å². The molecule has 0 aliphatic carbocycles. The van der Waals surface area contributed by atoms with Gasteiger partial charge in [-0.25, -0.2) is 23.2 Å². The Morgan fingerprint density at radius 1 is 1.36 bits per heavy atom. The number of benzene rings is 1. The number of ether oxygens (including phenoxy) is 1. The molecule has 0 atom stereocenters. The summed E-state index contributed by atoms with van der Waals surface area (Å²) in [7, 11) is 1.53. The van der Waals surface area contributed by atoms with E-state index < -0.39 is 23.3 Å². The minimum atomic E-state index is -0.674. The van der Waals surface area contributed by atoms with E-state index in [1.54, 1.807) is 27.7 Å². The molecule has 2 aromatic rings. The largest absolute Gasteiger partial charge is 0.444 e. The summed E-state index contributed by atoms with van der Waals surface area (Å²) in [4.78, 5) is 17.6. The molecule has 0 saturated carbocycles. The Kier molecular flexibility index (Phi) is 5.46. The third-order valence-electron chi connectivity index (χ3n) is 3.07. The SMILES string of the molecule is Cc1nc(CN(C)C(=O)OC(C)(C)C)n(-c2cc(F)cc(Br)c2F)n1. The molecule has 1 amide bonds. The lowest BCUT2D eigenvalue weighted by Crippen LogP contribution is -2.34. The summed E-state index contributed by atoms with van der Waals surface area (Å²) in [5.74, 6) is -0.648. The molecule has 0 aliphatic rings. The maximum absolute atomic E-state index is 14.4. The van der Waals surface area contributed by atoms with Crippen molar-refractivity contribution in [3.8, 4) is 5.69 Å². The molecule has 1 aromatic carbocycles. The molecule has 0 unspecified atom stereocenters. The van der Waals surface area contributed by atoms with Crippen molar-refractivity contribution in [3.05, 3.63) is 39.9 Å². The summed E-state index contributed by atoms with van der Waals surface area (Å²) < 4.78 is 34.5. The Labute approximate surface area is 152 Å². The maximum Gasteiger partial charge on any atom is 0.410 e. The standard InChI is InChI=1S/C16H19BrF2N4O2/c1-9-20-13(8-22(5)15(24)25-16(2,3)4)23(21-9)12-7-10(18)6-11(17)14(12)19/h6-7H,8H2,1-5H3. The number of aryl methyl sites for hydroxylation is 1. The molecule has 0 saturated heterocycles. The highest BCUT2D eigenvalue weighted by molar-refractivity contribution is 9.10. The zero-order valence-electron chi connectivity index (χ0n) is 14.6. The Morgan fingerprint density at radius 3 is 2.60 bits per heavy atom. The smallest absolute Gasteiger partial charge is 0.410 e. The Bertz CT molecular complexity index is 802. The van der Waals surface area contributed by atoms with E-state index in [1.807, 2.05) is 0 Å². The molecule has 0 N–H and O–H groups in total. The fourth-order valence-corrected chi connectivity index (χ4v) is 2.49. The summed E-state index contributed by atoms with van der Waals surface area (Å²) in [6.45, 7) is 6.91. The van der Waals surface area contributed by atoms with Gasteiger partial charge in [-0.2, -0.15) is 5.10 Å². The van der Waals surface area contributed by atoms with Gasteiger partial charge < -0.3 is 9.64 Å². The number of halogens is 3. The molecule has 0 bridgehead atoms. The first-order valence-electron chi connectivity index (χ1n) is 7.49. The van der Waals surface area contributed by atoms with Crippen LogP contribution in [0.15, 0.2) is 16.6 Å². The van der Waals surface area contributed by atoms with Gasteiger partial charge in [0.05, 0.1) is 11.0 Å². The molecule has 0 fully saturated rings. The van der Waals surface area contributed by atoms with E-state index in [0.717, 1.165) is 12.1 Å². The molecule has 0 radical (unpaired) electrons. The monoisotopic (exact) mass is 416 g/mol. The van der Waals surface area contributed by atoms with Crippen LogP contribution >= 0.6 is 15.9 Å². The van der Waals surface area contributed by atoms with Crippen LogP contribution in [-0.4, -0.2) is 38.4 Å². The minimum Gasteiger partial charge on any atom is -0.444 e. The molecule has 0 spiro atoms. The lowest BCUT2D eigenvalue weighted by Gasteiger charge is -2.24. The number of hydrogen-bond donors (Lipinski definition) is 0. The first kappa shape index (κ1) is 19.3. The second-order valence-corrected chi connectivity index (χ2v) is 7.40. The van der Waals surface area contributed by atoms with Crippen LogP contribution in [-0.2, 0) is 11.3 Å². The average molecular weight is 417 g/mol. The van der Waals surface area contributed by atoms with Gasteiger partial charge in [0.25, 0.3) is 0 Å². The number of rotatable bonds is 3. The summed E-state index contributed by atoms with van der Waals surface area (Å²) in [6.07, 6.45) is -0.555. The van der Waals surface area contributed by atoms with Gasteiger partial charge in [0.2, 0.25) is 0 Å². The third-order valence-corrected chi connectivity index (χ3v) is 3.64. The number of nitrogens with zero attached hydrogens (tertiary/aromatic N) is 4. The van der Waals surface area contributed by atoms with Gasteiger partial charge in [0, 0.05) is 13.1 Å². The first-order chi connectivity index (χ1) is 11.5. The van der Waals surface area contributed by atoms with Crippen LogP contribution in [0.5, 0.6) is 0 Å². The van der Waals surface area contributed by atoms with Crippen molar-refractivity contribution in [2.24, 2.45) is 0 Å². The van der Waals surface area contributed by atoms with Crippen molar-refractivity contribution in [2.45, 2.75) is 39.8 Å². The van der Waals surface area contributed by atoms with Crippen LogP contribution in [0.1, 0.15) is 32.4 Å². The Hall–Kier alpha value is -2.03. The van der Waals surface area contributed by atoms with Gasteiger partial charge in [-0.15, -0.1) is 0 Å². The normalized spacial score (nSPS) is 11.5. The number of carbonyl (C=O) groups is 1. The zero-order chi connectivity index (χ0) is 18.9. The Morgan fingerprint density at radius 2 is 2.00 bits per heavy atom. The van der Waals surface area contributed by atoms with Crippen molar-refractivity contribution >= 4 is 22.0 Å². The molecule has 136 valence electrons. The van der Waals surface area contributed by atoms with Crippen LogP contribution < -0.4 is 0 Å². The molecular weight excluding hydrogens is 398 g/mol. The lowest BCUT2D eigenvalue weighted by atomic mass is 10.2. The molecular formula is C16H19BrF2N4O2. The van der Waals surface area contributed by atoms with Crippen molar-refractivity contribution in [3.63, 3.8) is 0 Å². The van der Waals surface area contributed by atoms with E-state index in [4.69, 9.17) is 4.74 Å². The second kappa shape index (κ2) is 7.07. The highest BCUT2D eigenvalue weighted by Crippen LogP contribution is 2.24. The van der Waals surface area contributed by atoms with Crippen LogP contribution in [0, 0.1) is 18.6 Å². The molecule has 1 heterocycles. The number of hydrogen-bond acceptors (Lipinski definition) is 4. The van der Waals surface area contributed by atoms with Gasteiger partial charge in [-0.3, -0.25) is 0 Å².